The molecule has 0 amide bonds. The maximum atomic E-state index is 5.97. The van der Waals surface area contributed by atoms with Crippen molar-refractivity contribution in [2.24, 2.45) is 0 Å². The second kappa shape index (κ2) is 5.97. The number of ether oxygens (including phenoxy) is 1. The van der Waals surface area contributed by atoms with E-state index in [1.54, 1.807) is 7.11 Å². The Morgan fingerprint density at radius 2 is 1.95 bits per heavy atom. The fourth-order valence-corrected chi connectivity index (χ4v) is 2.33. The lowest BCUT2D eigenvalue weighted by atomic mass is 10.2. The maximum Gasteiger partial charge on any atom is 0.224 e. The molecule has 0 unspecified atom stereocenters. The topological polar surface area (TPSA) is 47.0 Å². The highest BCUT2D eigenvalue weighted by Crippen LogP contribution is 2.22. The molecule has 21 heavy (non-hydrogen) atoms. The van der Waals surface area contributed by atoms with Crippen molar-refractivity contribution in [3.8, 4) is 5.75 Å². The first-order valence-electron chi connectivity index (χ1n) is 6.55. The zero-order chi connectivity index (χ0) is 14.7. The molecule has 4 nitrogen and oxygen atoms in total. The summed E-state index contributed by atoms with van der Waals surface area (Å²) < 4.78 is 5.22. The van der Waals surface area contributed by atoms with Crippen molar-refractivity contribution in [1.82, 2.24) is 9.97 Å². The fourth-order valence-electron chi connectivity index (χ4n) is 2.15. The van der Waals surface area contributed by atoms with E-state index >= 15 is 0 Å². The summed E-state index contributed by atoms with van der Waals surface area (Å²) in [6.45, 7) is 0.633. The second-order valence-corrected chi connectivity index (χ2v) is 4.90. The molecule has 0 bridgehead atoms. The number of hydrogen-bond donors (Lipinski definition) is 1. The molecule has 0 atom stereocenters. The van der Waals surface area contributed by atoms with Gasteiger partial charge in [-0.15, -0.1) is 0 Å². The third-order valence-corrected chi connectivity index (χ3v) is 3.34. The van der Waals surface area contributed by atoms with Crippen molar-refractivity contribution >= 4 is 28.3 Å². The number of hydrogen-bond acceptors (Lipinski definition) is 4. The lowest BCUT2D eigenvalue weighted by molar-refractivity contribution is 0.414. The normalized spacial score (nSPS) is 10.6. The van der Waals surface area contributed by atoms with Crippen LogP contribution in [0.4, 0.5) is 5.82 Å². The Balaban J connectivity index is 1.87. The van der Waals surface area contributed by atoms with Crippen molar-refractivity contribution in [1.29, 1.82) is 0 Å². The Hall–Kier alpha value is -2.33. The minimum absolute atomic E-state index is 0.238. The Bertz CT molecular complexity index is 776. The molecule has 0 spiro atoms. The molecular weight excluding hydrogens is 286 g/mol. The highest BCUT2D eigenvalue weighted by atomic mass is 35.5. The maximum absolute atomic E-state index is 5.97. The second-order valence-electron chi connectivity index (χ2n) is 4.56. The number of anilines is 1. The van der Waals surface area contributed by atoms with Gasteiger partial charge in [0, 0.05) is 11.9 Å². The largest absolute Gasteiger partial charge is 0.497 e. The Kier molecular flexibility index (Phi) is 3.88. The van der Waals surface area contributed by atoms with Crippen LogP contribution in [0.25, 0.3) is 10.9 Å². The van der Waals surface area contributed by atoms with E-state index in [4.69, 9.17) is 16.3 Å². The van der Waals surface area contributed by atoms with Gasteiger partial charge in [0.1, 0.15) is 11.6 Å². The lowest BCUT2D eigenvalue weighted by Gasteiger charge is -2.10. The quantitative estimate of drug-likeness (QED) is 0.742. The summed E-state index contributed by atoms with van der Waals surface area (Å²) in [6, 6.07) is 15.7. The number of rotatable bonds is 4. The summed E-state index contributed by atoms with van der Waals surface area (Å²) >= 11 is 5.97. The molecule has 0 aliphatic carbocycles. The number of nitrogens with one attached hydrogen (secondary N) is 1. The summed E-state index contributed by atoms with van der Waals surface area (Å²) in [5.74, 6) is 1.56. The monoisotopic (exact) mass is 299 g/mol. The van der Waals surface area contributed by atoms with Gasteiger partial charge < -0.3 is 10.1 Å². The van der Waals surface area contributed by atoms with Crippen molar-refractivity contribution < 1.29 is 4.74 Å². The van der Waals surface area contributed by atoms with Crippen LogP contribution in [0.15, 0.2) is 48.5 Å². The first-order chi connectivity index (χ1) is 10.3. The molecule has 1 N–H and O–H groups in total. The van der Waals surface area contributed by atoms with Gasteiger partial charge in [-0.1, -0.05) is 24.3 Å². The third-order valence-electron chi connectivity index (χ3n) is 3.17. The third kappa shape index (κ3) is 3.06. The molecule has 2 aromatic carbocycles. The van der Waals surface area contributed by atoms with E-state index in [-0.39, 0.29) is 5.28 Å². The minimum Gasteiger partial charge on any atom is -0.497 e. The van der Waals surface area contributed by atoms with E-state index in [0.29, 0.717) is 6.54 Å². The molecule has 0 fully saturated rings. The lowest BCUT2D eigenvalue weighted by Crippen LogP contribution is -2.03. The van der Waals surface area contributed by atoms with Crippen molar-refractivity contribution in [3.05, 3.63) is 59.4 Å². The molecule has 106 valence electrons. The van der Waals surface area contributed by atoms with Crippen LogP contribution in [-0.4, -0.2) is 17.1 Å². The van der Waals surface area contributed by atoms with Crippen LogP contribution in [0.5, 0.6) is 5.75 Å². The van der Waals surface area contributed by atoms with Crippen LogP contribution < -0.4 is 10.1 Å². The van der Waals surface area contributed by atoms with Crippen LogP contribution in [0.2, 0.25) is 5.28 Å². The van der Waals surface area contributed by atoms with Gasteiger partial charge in [0.25, 0.3) is 0 Å². The molecule has 0 radical (unpaired) electrons. The first-order valence-corrected chi connectivity index (χ1v) is 6.93. The van der Waals surface area contributed by atoms with Crippen LogP contribution in [0.3, 0.4) is 0 Å². The van der Waals surface area contributed by atoms with Gasteiger partial charge in [-0.05, 0) is 41.4 Å². The molecule has 5 heteroatoms. The van der Waals surface area contributed by atoms with E-state index in [1.165, 1.54) is 0 Å². The van der Waals surface area contributed by atoms with E-state index in [9.17, 15) is 0 Å². The predicted molar refractivity (Wildman–Crippen MR) is 84.9 cm³/mol. The smallest absolute Gasteiger partial charge is 0.224 e. The van der Waals surface area contributed by atoms with Gasteiger partial charge >= 0.3 is 0 Å². The molecule has 0 aliphatic rings. The number of fused-ring (bicyclic) bond motifs is 1. The van der Waals surface area contributed by atoms with Crippen molar-refractivity contribution in [3.63, 3.8) is 0 Å². The van der Waals surface area contributed by atoms with Gasteiger partial charge in [0.15, 0.2) is 0 Å². The summed E-state index contributed by atoms with van der Waals surface area (Å²) in [6.07, 6.45) is 0. The summed E-state index contributed by atoms with van der Waals surface area (Å²) in [5.41, 5.74) is 1.93. The number of methoxy groups -OCH3 is 1. The molecule has 0 aliphatic heterocycles. The summed E-state index contributed by atoms with van der Waals surface area (Å²) in [5, 5.41) is 4.49. The van der Waals surface area contributed by atoms with E-state index in [1.807, 2.05) is 48.5 Å². The van der Waals surface area contributed by atoms with Crippen LogP contribution in [0.1, 0.15) is 5.56 Å². The summed E-state index contributed by atoms with van der Waals surface area (Å²) in [7, 11) is 1.66. The summed E-state index contributed by atoms with van der Waals surface area (Å²) in [4.78, 5) is 8.48. The number of halogens is 1. The standard InChI is InChI=1S/C16H14ClN3O/c1-21-12-6-4-5-11(9-12)10-18-15-13-7-2-3-8-14(13)19-16(17)20-15/h2-9H,10H2,1H3,(H,18,19,20). The Labute approximate surface area is 127 Å². The fraction of sp³-hybridized carbons (Fsp3) is 0.125. The number of nitrogens with zero attached hydrogens (tertiary/aromatic N) is 2. The molecule has 0 saturated carbocycles. The van der Waals surface area contributed by atoms with Crippen molar-refractivity contribution in [2.75, 3.05) is 12.4 Å². The zero-order valence-electron chi connectivity index (χ0n) is 11.5. The molecule has 0 saturated heterocycles. The van der Waals surface area contributed by atoms with Gasteiger partial charge in [0.05, 0.1) is 12.6 Å². The first kappa shape index (κ1) is 13.6. The van der Waals surface area contributed by atoms with E-state index in [0.717, 1.165) is 28.0 Å². The molecule has 1 aromatic heterocycles. The zero-order valence-corrected chi connectivity index (χ0v) is 12.3. The van der Waals surface area contributed by atoms with Gasteiger partial charge in [-0.2, -0.15) is 0 Å². The molecule has 1 heterocycles. The molecule has 3 aromatic rings. The van der Waals surface area contributed by atoms with E-state index in [2.05, 4.69) is 15.3 Å². The average Bonchev–Trinajstić information content (AvgIpc) is 2.52. The van der Waals surface area contributed by atoms with Crippen LogP contribution in [-0.2, 0) is 6.54 Å². The van der Waals surface area contributed by atoms with Crippen LogP contribution in [0, 0.1) is 0 Å². The average molecular weight is 300 g/mol. The van der Waals surface area contributed by atoms with E-state index < -0.39 is 0 Å². The van der Waals surface area contributed by atoms with Gasteiger partial charge in [-0.3, -0.25) is 0 Å². The highest BCUT2D eigenvalue weighted by molar-refractivity contribution is 6.28. The van der Waals surface area contributed by atoms with Gasteiger partial charge in [-0.25, -0.2) is 9.97 Å². The van der Waals surface area contributed by atoms with Crippen molar-refractivity contribution in [2.45, 2.75) is 6.54 Å². The molecule has 3 rings (SSSR count). The minimum atomic E-state index is 0.238. The number of para-hydroxylation sites is 1. The highest BCUT2D eigenvalue weighted by Gasteiger charge is 2.06. The van der Waals surface area contributed by atoms with Gasteiger partial charge in [0.2, 0.25) is 5.28 Å². The van der Waals surface area contributed by atoms with Crippen LogP contribution >= 0.6 is 11.6 Å². The Morgan fingerprint density at radius 1 is 1.10 bits per heavy atom. The Morgan fingerprint density at radius 3 is 2.81 bits per heavy atom. The number of benzene rings is 2. The SMILES string of the molecule is COc1cccc(CNc2nc(Cl)nc3ccccc23)c1. The predicted octanol–water partition coefficient (Wildman–Crippen LogP) is 3.90. The number of aromatic nitrogens is 2. The molecular formula is C16H14ClN3O.